The van der Waals surface area contributed by atoms with Crippen molar-refractivity contribution in [2.45, 2.75) is 36.4 Å². The number of carbonyl (C=O) groups excluding carboxylic acids is 1. The Morgan fingerprint density at radius 2 is 2.04 bits per heavy atom. The van der Waals surface area contributed by atoms with Crippen molar-refractivity contribution in [2.24, 2.45) is 7.05 Å². The molecule has 0 unspecified atom stereocenters. The molecule has 0 bridgehead atoms. The molecule has 0 N–H and O–H groups in total. The SMILES string of the molecule is Cc1occc1-c1nnc(Sc2ncc(C(=O)N3CCCCC3)cc2Cl)n1C. The van der Waals surface area contributed by atoms with Gasteiger partial charge in [0.25, 0.3) is 5.91 Å². The highest BCUT2D eigenvalue weighted by atomic mass is 35.5. The van der Waals surface area contributed by atoms with Crippen LogP contribution < -0.4 is 0 Å². The fourth-order valence-electron chi connectivity index (χ4n) is 3.24. The van der Waals surface area contributed by atoms with Gasteiger partial charge in [-0.1, -0.05) is 11.6 Å². The first-order chi connectivity index (χ1) is 13.5. The molecular weight excluding hydrogens is 398 g/mol. The number of pyridine rings is 1. The third kappa shape index (κ3) is 3.66. The van der Waals surface area contributed by atoms with E-state index in [4.69, 9.17) is 16.0 Å². The van der Waals surface area contributed by atoms with Crippen LogP contribution in [0.2, 0.25) is 5.02 Å². The van der Waals surface area contributed by atoms with E-state index >= 15 is 0 Å². The standard InChI is InChI=1S/C19H20ClN5O2S/c1-12-14(6-9-27-12)16-22-23-19(24(16)2)28-17-15(20)10-13(11-21-17)18(26)25-7-4-3-5-8-25/h6,9-11H,3-5,7-8H2,1-2H3. The molecule has 3 aromatic heterocycles. The lowest BCUT2D eigenvalue weighted by molar-refractivity contribution is 0.0724. The molecule has 4 heterocycles. The topological polar surface area (TPSA) is 77.0 Å². The summed E-state index contributed by atoms with van der Waals surface area (Å²) in [6.07, 6.45) is 6.48. The number of carbonyl (C=O) groups is 1. The van der Waals surface area contributed by atoms with Gasteiger partial charge < -0.3 is 13.9 Å². The van der Waals surface area contributed by atoms with Crippen molar-refractivity contribution in [3.63, 3.8) is 0 Å². The summed E-state index contributed by atoms with van der Waals surface area (Å²) in [4.78, 5) is 18.9. The molecule has 1 fully saturated rings. The van der Waals surface area contributed by atoms with Crippen LogP contribution in [0.4, 0.5) is 0 Å². The molecule has 1 saturated heterocycles. The zero-order valence-electron chi connectivity index (χ0n) is 15.7. The lowest BCUT2D eigenvalue weighted by Gasteiger charge is -2.26. The minimum atomic E-state index is -0.0120. The van der Waals surface area contributed by atoms with Crippen molar-refractivity contribution in [3.8, 4) is 11.4 Å². The van der Waals surface area contributed by atoms with E-state index in [-0.39, 0.29) is 5.91 Å². The number of hydrogen-bond acceptors (Lipinski definition) is 6. The van der Waals surface area contributed by atoms with Gasteiger partial charge in [0.2, 0.25) is 0 Å². The summed E-state index contributed by atoms with van der Waals surface area (Å²) < 4.78 is 7.22. The zero-order valence-corrected chi connectivity index (χ0v) is 17.3. The summed E-state index contributed by atoms with van der Waals surface area (Å²) in [5.41, 5.74) is 1.41. The molecule has 3 aromatic rings. The van der Waals surface area contributed by atoms with Gasteiger partial charge in [0, 0.05) is 26.3 Å². The van der Waals surface area contributed by atoms with Crippen LogP contribution >= 0.6 is 23.4 Å². The van der Waals surface area contributed by atoms with Gasteiger partial charge in [-0.25, -0.2) is 4.98 Å². The Kier molecular flexibility index (Phi) is 5.41. The van der Waals surface area contributed by atoms with Crippen molar-refractivity contribution >= 4 is 29.3 Å². The third-order valence-corrected chi connectivity index (χ3v) is 6.28. The smallest absolute Gasteiger partial charge is 0.255 e. The van der Waals surface area contributed by atoms with Crippen molar-refractivity contribution in [1.82, 2.24) is 24.6 Å². The molecule has 146 valence electrons. The molecule has 7 nitrogen and oxygen atoms in total. The maximum atomic E-state index is 12.6. The highest BCUT2D eigenvalue weighted by molar-refractivity contribution is 7.99. The highest BCUT2D eigenvalue weighted by Crippen LogP contribution is 2.33. The third-order valence-electron chi connectivity index (χ3n) is 4.82. The van der Waals surface area contributed by atoms with Gasteiger partial charge in [-0.05, 0) is 50.1 Å². The van der Waals surface area contributed by atoms with Crippen molar-refractivity contribution in [1.29, 1.82) is 0 Å². The number of likely N-dealkylation sites (tertiary alicyclic amines) is 1. The quantitative estimate of drug-likeness (QED) is 0.632. The zero-order chi connectivity index (χ0) is 19.7. The number of hydrogen-bond donors (Lipinski definition) is 0. The van der Waals surface area contributed by atoms with E-state index in [1.54, 1.807) is 18.5 Å². The Morgan fingerprint density at radius 1 is 1.25 bits per heavy atom. The molecule has 0 radical (unpaired) electrons. The monoisotopic (exact) mass is 417 g/mol. The summed E-state index contributed by atoms with van der Waals surface area (Å²) in [5, 5.41) is 10.2. The number of nitrogens with zero attached hydrogens (tertiary/aromatic N) is 5. The number of aromatic nitrogens is 4. The van der Waals surface area contributed by atoms with Crippen LogP contribution in [0.25, 0.3) is 11.4 Å². The number of halogens is 1. The predicted molar refractivity (Wildman–Crippen MR) is 107 cm³/mol. The van der Waals surface area contributed by atoms with Crippen LogP contribution in [0, 0.1) is 6.92 Å². The first-order valence-corrected chi connectivity index (χ1v) is 10.3. The van der Waals surface area contributed by atoms with Crippen LogP contribution in [0.3, 0.4) is 0 Å². The molecule has 1 aliphatic rings. The molecule has 9 heteroatoms. The Hall–Kier alpha value is -2.32. The second-order valence-electron chi connectivity index (χ2n) is 6.72. The van der Waals surface area contributed by atoms with Gasteiger partial charge in [-0.3, -0.25) is 4.79 Å². The molecule has 0 saturated carbocycles. The fourth-order valence-corrected chi connectivity index (χ4v) is 4.26. The summed E-state index contributed by atoms with van der Waals surface area (Å²) in [5.74, 6) is 1.48. The van der Waals surface area contributed by atoms with Gasteiger partial charge >= 0.3 is 0 Å². The van der Waals surface area contributed by atoms with E-state index in [0.717, 1.165) is 37.3 Å². The average molecular weight is 418 g/mol. The van der Waals surface area contributed by atoms with E-state index < -0.39 is 0 Å². The molecule has 0 aliphatic carbocycles. The molecule has 0 atom stereocenters. The van der Waals surface area contributed by atoms with Gasteiger partial charge in [-0.15, -0.1) is 10.2 Å². The van der Waals surface area contributed by atoms with E-state index in [0.29, 0.717) is 26.6 Å². The Balaban J connectivity index is 1.54. The Bertz CT molecular complexity index is 1010. The lowest BCUT2D eigenvalue weighted by Crippen LogP contribution is -2.35. The molecule has 0 spiro atoms. The van der Waals surface area contributed by atoms with Crippen LogP contribution in [-0.4, -0.2) is 43.6 Å². The number of rotatable bonds is 4. The minimum Gasteiger partial charge on any atom is -0.469 e. The van der Waals surface area contributed by atoms with Crippen molar-refractivity contribution in [3.05, 3.63) is 40.9 Å². The Morgan fingerprint density at radius 3 is 2.71 bits per heavy atom. The van der Waals surface area contributed by atoms with Crippen LogP contribution in [0.5, 0.6) is 0 Å². The second-order valence-corrected chi connectivity index (χ2v) is 8.08. The van der Waals surface area contributed by atoms with Crippen LogP contribution in [0.15, 0.2) is 39.2 Å². The van der Waals surface area contributed by atoms with Crippen LogP contribution in [-0.2, 0) is 7.05 Å². The summed E-state index contributed by atoms with van der Waals surface area (Å²) in [7, 11) is 1.88. The highest BCUT2D eigenvalue weighted by Gasteiger charge is 2.21. The Labute approximate surface area is 172 Å². The molecule has 1 aliphatic heterocycles. The number of furan rings is 1. The van der Waals surface area contributed by atoms with Gasteiger partial charge in [-0.2, -0.15) is 0 Å². The lowest BCUT2D eigenvalue weighted by atomic mass is 10.1. The first-order valence-electron chi connectivity index (χ1n) is 9.11. The molecule has 0 aromatic carbocycles. The van der Waals surface area contributed by atoms with Crippen molar-refractivity contribution in [2.75, 3.05) is 13.1 Å². The van der Waals surface area contributed by atoms with Gasteiger partial charge in [0.15, 0.2) is 11.0 Å². The first kappa shape index (κ1) is 19.0. The van der Waals surface area contributed by atoms with Crippen LogP contribution in [0.1, 0.15) is 35.4 Å². The minimum absolute atomic E-state index is 0.0120. The number of amides is 1. The van der Waals surface area contributed by atoms with E-state index in [1.165, 1.54) is 18.2 Å². The predicted octanol–water partition coefficient (Wildman–Crippen LogP) is 4.21. The largest absolute Gasteiger partial charge is 0.469 e. The average Bonchev–Trinajstić information content (AvgIpc) is 3.29. The van der Waals surface area contributed by atoms with E-state index in [1.807, 2.05) is 29.5 Å². The molecular formula is C19H20ClN5O2S. The molecule has 1 amide bonds. The normalized spacial score (nSPS) is 14.5. The molecule has 4 rings (SSSR count). The van der Waals surface area contributed by atoms with Gasteiger partial charge in [0.05, 0.1) is 22.4 Å². The van der Waals surface area contributed by atoms with E-state index in [2.05, 4.69) is 15.2 Å². The second kappa shape index (κ2) is 7.97. The van der Waals surface area contributed by atoms with Gasteiger partial charge in [0.1, 0.15) is 10.8 Å². The summed E-state index contributed by atoms with van der Waals surface area (Å²) in [6, 6.07) is 3.55. The maximum absolute atomic E-state index is 12.6. The maximum Gasteiger partial charge on any atom is 0.255 e. The van der Waals surface area contributed by atoms with E-state index in [9.17, 15) is 4.79 Å². The summed E-state index contributed by atoms with van der Waals surface area (Å²) >= 11 is 7.73. The number of piperidine rings is 1. The number of aryl methyl sites for hydroxylation is 1. The molecule has 28 heavy (non-hydrogen) atoms. The van der Waals surface area contributed by atoms with Crippen molar-refractivity contribution < 1.29 is 9.21 Å². The summed E-state index contributed by atoms with van der Waals surface area (Å²) in [6.45, 7) is 3.47. The fraction of sp³-hybridized carbons (Fsp3) is 0.368.